The van der Waals surface area contributed by atoms with E-state index in [0.29, 0.717) is 22.1 Å². The number of rotatable bonds is 8. The van der Waals surface area contributed by atoms with E-state index in [1.165, 1.54) is 12.1 Å². The van der Waals surface area contributed by atoms with Crippen LogP contribution in [0.5, 0.6) is 5.75 Å². The fraction of sp³-hybridized carbons (Fsp3) is 0.111. The van der Waals surface area contributed by atoms with E-state index in [0.717, 1.165) is 10.9 Å². The zero-order valence-electron chi connectivity index (χ0n) is 20.0. The number of carbonyl (C=O) groups is 1. The van der Waals surface area contributed by atoms with Crippen LogP contribution in [0.4, 0.5) is 5.69 Å². The Morgan fingerprint density at radius 3 is 2.35 bits per heavy atom. The highest BCUT2D eigenvalue weighted by molar-refractivity contribution is 7.93. The molecule has 37 heavy (non-hydrogen) atoms. The van der Waals surface area contributed by atoms with E-state index in [4.69, 9.17) is 11.1 Å². The average Bonchev–Trinajstić information content (AvgIpc) is 2.87. The number of anilines is 1. The number of halogens is 1. The number of phenols is 1. The fourth-order valence-corrected chi connectivity index (χ4v) is 5.20. The summed E-state index contributed by atoms with van der Waals surface area (Å²) in [5, 5.41) is 22.4. The SMILES string of the molecule is Cc1ccc(NS(=O)(=O)c2cccc3ccccc23)c(O)c1CC(=O)NCc1ccc(C(=N)N)cc1.Cl. The van der Waals surface area contributed by atoms with Gasteiger partial charge in [-0.3, -0.25) is 14.9 Å². The molecule has 0 aliphatic carbocycles. The number of nitrogen functional groups attached to an aromatic ring is 1. The van der Waals surface area contributed by atoms with Gasteiger partial charge in [-0.15, -0.1) is 12.4 Å². The number of fused-ring (bicyclic) bond motifs is 1. The molecule has 0 fully saturated rings. The van der Waals surface area contributed by atoms with Crippen LogP contribution in [-0.2, 0) is 27.8 Å². The van der Waals surface area contributed by atoms with Crippen molar-refractivity contribution in [3.05, 3.63) is 101 Å². The zero-order chi connectivity index (χ0) is 25.9. The third-order valence-corrected chi connectivity index (χ3v) is 7.32. The first-order chi connectivity index (χ1) is 17.2. The lowest BCUT2D eigenvalue weighted by Gasteiger charge is -2.15. The Labute approximate surface area is 221 Å². The van der Waals surface area contributed by atoms with Crippen LogP contribution in [0.25, 0.3) is 10.8 Å². The molecule has 10 heteroatoms. The molecule has 0 unspecified atom stereocenters. The normalized spacial score (nSPS) is 10.9. The van der Waals surface area contributed by atoms with Crippen molar-refractivity contribution in [3.63, 3.8) is 0 Å². The number of carbonyl (C=O) groups excluding carboxylic acids is 1. The quantitative estimate of drug-likeness (QED) is 0.129. The van der Waals surface area contributed by atoms with Gasteiger partial charge in [0.2, 0.25) is 5.91 Å². The van der Waals surface area contributed by atoms with E-state index in [1.54, 1.807) is 55.5 Å². The molecule has 0 saturated heterocycles. The van der Waals surface area contributed by atoms with E-state index in [1.807, 2.05) is 18.2 Å². The molecule has 4 aromatic rings. The fourth-order valence-electron chi connectivity index (χ4n) is 3.90. The first-order valence-corrected chi connectivity index (χ1v) is 12.7. The topological polar surface area (TPSA) is 145 Å². The lowest BCUT2D eigenvalue weighted by atomic mass is 10.0. The zero-order valence-corrected chi connectivity index (χ0v) is 21.6. The highest BCUT2D eigenvalue weighted by Gasteiger charge is 2.21. The summed E-state index contributed by atoms with van der Waals surface area (Å²) in [5.74, 6) is -0.662. The van der Waals surface area contributed by atoms with E-state index in [-0.39, 0.29) is 53.4 Å². The summed E-state index contributed by atoms with van der Waals surface area (Å²) in [5.41, 5.74) is 7.85. The number of benzene rings is 4. The predicted molar refractivity (Wildman–Crippen MR) is 148 cm³/mol. The van der Waals surface area contributed by atoms with Crippen LogP contribution in [0, 0.1) is 12.3 Å². The highest BCUT2D eigenvalue weighted by Crippen LogP contribution is 2.33. The van der Waals surface area contributed by atoms with Gasteiger partial charge in [0.1, 0.15) is 11.6 Å². The predicted octanol–water partition coefficient (Wildman–Crippen LogP) is 4.22. The number of sulfonamides is 1. The summed E-state index contributed by atoms with van der Waals surface area (Å²) in [4.78, 5) is 12.7. The average molecular weight is 539 g/mol. The Kier molecular flexibility index (Phi) is 8.42. The Bertz CT molecular complexity index is 1570. The monoisotopic (exact) mass is 538 g/mol. The number of amides is 1. The lowest BCUT2D eigenvalue weighted by Crippen LogP contribution is -2.25. The maximum atomic E-state index is 13.2. The lowest BCUT2D eigenvalue weighted by molar-refractivity contribution is -0.120. The van der Waals surface area contributed by atoms with Crippen LogP contribution in [0.3, 0.4) is 0 Å². The summed E-state index contributed by atoms with van der Waals surface area (Å²) in [7, 11) is -4.01. The third kappa shape index (κ3) is 6.19. The van der Waals surface area contributed by atoms with Gasteiger partial charge in [0.25, 0.3) is 10.0 Å². The van der Waals surface area contributed by atoms with Gasteiger partial charge in [0.15, 0.2) is 0 Å². The molecule has 4 aromatic carbocycles. The van der Waals surface area contributed by atoms with E-state index in [2.05, 4.69) is 10.0 Å². The van der Waals surface area contributed by atoms with E-state index in [9.17, 15) is 18.3 Å². The van der Waals surface area contributed by atoms with Gasteiger partial charge in [-0.2, -0.15) is 0 Å². The molecular weight excluding hydrogens is 512 g/mol. The summed E-state index contributed by atoms with van der Waals surface area (Å²) in [6, 6.07) is 22.2. The maximum absolute atomic E-state index is 13.2. The molecule has 0 bridgehead atoms. The first kappa shape index (κ1) is 27.5. The molecule has 0 heterocycles. The molecule has 1 amide bonds. The van der Waals surface area contributed by atoms with Crippen LogP contribution in [-0.4, -0.2) is 25.3 Å². The maximum Gasteiger partial charge on any atom is 0.262 e. The van der Waals surface area contributed by atoms with Crippen LogP contribution >= 0.6 is 12.4 Å². The Balaban J connectivity index is 0.00000380. The second-order valence-corrected chi connectivity index (χ2v) is 10.1. The van der Waals surface area contributed by atoms with Crippen LogP contribution < -0.4 is 15.8 Å². The molecule has 6 N–H and O–H groups in total. The minimum atomic E-state index is -4.01. The van der Waals surface area contributed by atoms with E-state index < -0.39 is 10.0 Å². The molecule has 4 rings (SSSR count). The number of amidine groups is 1. The molecule has 0 atom stereocenters. The number of nitrogens with one attached hydrogen (secondary N) is 3. The molecule has 0 spiro atoms. The van der Waals surface area contributed by atoms with Crippen molar-refractivity contribution in [2.75, 3.05) is 4.72 Å². The summed E-state index contributed by atoms with van der Waals surface area (Å²) < 4.78 is 28.8. The van der Waals surface area contributed by atoms with Crippen molar-refractivity contribution in [1.82, 2.24) is 5.32 Å². The molecule has 8 nitrogen and oxygen atoms in total. The number of hydrogen-bond acceptors (Lipinski definition) is 5. The molecule has 192 valence electrons. The Morgan fingerprint density at radius 2 is 1.65 bits per heavy atom. The second kappa shape index (κ2) is 11.3. The number of hydrogen-bond donors (Lipinski definition) is 5. The number of aromatic hydroxyl groups is 1. The number of nitrogens with two attached hydrogens (primary N) is 1. The Morgan fingerprint density at radius 1 is 0.973 bits per heavy atom. The molecule has 0 aromatic heterocycles. The van der Waals surface area contributed by atoms with Crippen molar-refractivity contribution in [2.45, 2.75) is 24.8 Å². The van der Waals surface area contributed by atoms with Crippen molar-refractivity contribution in [3.8, 4) is 5.75 Å². The van der Waals surface area contributed by atoms with Gasteiger partial charge in [0, 0.05) is 23.1 Å². The van der Waals surface area contributed by atoms with Crippen molar-refractivity contribution in [1.29, 1.82) is 5.41 Å². The minimum absolute atomic E-state index is 0. The van der Waals surface area contributed by atoms with Gasteiger partial charge in [-0.05, 0) is 35.6 Å². The Hall–Kier alpha value is -4.08. The summed E-state index contributed by atoms with van der Waals surface area (Å²) in [6.07, 6.45) is -0.132. The van der Waals surface area contributed by atoms with Gasteiger partial charge < -0.3 is 16.2 Å². The van der Waals surface area contributed by atoms with Gasteiger partial charge in [0.05, 0.1) is 17.0 Å². The first-order valence-electron chi connectivity index (χ1n) is 11.2. The van der Waals surface area contributed by atoms with Crippen molar-refractivity contribution >= 4 is 50.6 Å². The second-order valence-electron chi connectivity index (χ2n) is 8.40. The van der Waals surface area contributed by atoms with Crippen LogP contribution in [0.1, 0.15) is 22.3 Å². The molecule has 0 aliphatic heterocycles. The molecule has 0 radical (unpaired) electrons. The molecular formula is C27H27ClN4O4S. The van der Waals surface area contributed by atoms with Crippen molar-refractivity contribution in [2.24, 2.45) is 5.73 Å². The van der Waals surface area contributed by atoms with Gasteiger partial charge in [-0.1, -0.05) is 66.7 Å². The van der Waals surface area contributed by atoms with Crippen molar-refractivity contribution < 1.29 is 18.3 Å². The standard InChI is InChI=1S/C27H26N4O4S.ClH/c1-17-9-14-23(31-36(34,35)24-8-4-6-19-5-2-3-7-21(19)24)26(33)22(17)15-25(32)30-16-18-10-12-20(13-11-18)27(28)29;/h2-14,31,33H,15-16H2,1H3,(H3,28,29)(H,30,32);1H. The van der Waals surface area contributed by atoms with Crippen LogP contribution in [0.2, 0.25) is 0 Å². The molecule has 0 saturated carbocycles. The largest absolute Gasteiger partial charge is 0.505 e. The summed E-state index contributed by atoms with van der Waals surface area (Å²) >= 11 is 0. The summed E-state index contributed by atoms with van der Waals surface area (Å²) in [6.45, 7) is 2.00. The van der Waals surface area contributed by atoms with E-state index >= 15 is 0 Å². The van der Waals surface area contributed by atoms with Gasteiger partial charge in [-0.25, -0.2) is 8.42 Å². The number of phenolic OH excluding ortho intramolecular Hbond substituents is 1. The number of aryl methyl sites for hydroxylation is 1. The minimum Gasteiger partial charge on any atom is -0.505 e. The third-order valence-electron chi connectivity index (χ3n) is 5.89. The smallest absolute Gasteiger partial charge is 0.262 e. The van der Waals surface area contributed by atoms with Crippen LogP contribution in [0.15, 0.2) is 83.8 Å². The highest BCUT2D eigenvalue weighted by atomic mass is 35.5. The van der Waals surface area contributed by atoms with Gasteiger partial charge >= 0.3 is 0 Å². The molecule has 0 aliphatic rings.